The predicted molar refractivity (Wildman–Crippen MR) is 81.0 cm³/mol. The first-order valence-corrected chi connectivity index (χ1v) is 8.97. The Morgan fingerprint density at radius 2 is 2.05 bits per heavy atom. The molecule has 0 aliphatic carbocycles. The minimum atomic E-state index is -3.91. The van der Waals surface area contributed by atoms with Crippen molar-refractivity contribution in [2.45, 2.75) is 23.8 Å². The lowest BCUT2D eigenvalue weighted by atomic mass is 10.2. The van der Waals surface area contributed by atoms with Crippen molar-refractivity contribution in [3.63, 3.8) is 0 Å². The Hall–Kier alpha value is -1.32. The van der Waals surface area contributed by atoms with E-state index in [1.54, 1.807) is 11.6 Å². The third-order valence-electron chi connectivity index (χ3n) is 3.78. The van der Waals surface area contributed by atoms with E-state index in [2.05, 4.69) is 26.1 Å². The van der Waals surface area contributed by atoms with Crippen LogP contribution in [0.4, 0.5) is 4.39 Å². The molecule has 1 aromatic carbocycles. The molecular formula is C13H14BrFN4O2S. The minimum Gasteiger partial charge on any atom is -0.307 e. The van der Waals surface area contributed by atoms with E-state index < -0.39 is 21.9 Å². The van der Waals surface area contributed by atoms with Gasteiger partial charge in [-0.15, -0.1) is 10.2 Å². The van der Waals surface area contributed by atoms with Gasteiger partial charge in [0.15, 0.2) is 10.6 Å². The Kier molecular flexibility index (Phi) is 4.04. The zero-order valence-electron chi connectivity index (χ0n) is 11.8. The van der Waals surface area contributed by atoms with Gasteiger partial charge in [0.2, 0.25) is 10.0 Å². The third kappa shape index (κ3) is 2.46. The van der Waals surface area contributed by atoms with E-state index in [0.717, 1.165) is 6.07 Å². The van der Waals surface area contributed by atoms with Gasteiger partial charge in [0.05, 0.1) is 6.04 Å². The molecule has 0 radical (unpaired) electrons. The van der Waals surface area contributed by atoms with Crippen LogP contribution in [0.25, 0.3) is 0 Å². The van der Waals surface area contributed by atoms with E-state index in [1.807, 2.05) is 0 Å². The number of hydrogen-bond acceptors (Lipinski definition) is 4. The van der Waals surface area contributed by atoms with Crippen molar-refractivity contribution in [3.05, 3.63) is 40.6 Å². The van der Waals surface area contributed by atoms with Crippen LogP contribution in [0.15, 0.2) is 33.9 Å². The molecule has 22 heavy (non-hydrogen) atoms. The molecule has 9 heteroatoms. The van der Waals surface area contributed by atoms with Gasteiger partial charge in [-0.1, -0.05) is 12.1 Å². The molecule has 2 aromatic rings. The van der Waals surface area contributed by atoms with Crippen LogP contribution in [0.2, 0.25) is 0 Å². The minimum absolute atomic E-state index is 0.303. The van der Waals surface area contributed by atoms with Gasteiger partial charge in [0, 0.05) is 13.6 Å². The fraction of sp³-hybridized carbons (Fsp3) is 0.385. The highest BCUT2D eigenvalue weighted by atomic mass is 79.9. The van der Waals surface area contributed by atoms with Crippen molar-refractivity contribution in [2.75, 3.05) is 6.54 Å². The Bertz CT molecular complexity index is 808. The van der Waals surface area contributed by atoms with Crippen LogP contribution in [0, 0.1) is 5.82 Å². The molecule has 2 heterocycles. The van der Waals surface area contributed by atoms with Gasteiger partial charge in [-0.05, 0) is 40.9 Å². The highest BCUT2D eigenvalue weighted by molar-refractivity contribution is 9.10. The van der Waals surface area contributed by atoms with Crippen LogP contribution in [0.3, 0.4) is 0 Å². The summed E-state index contributed by atoms with van der Waals surface area (Å²) < 4.78 is 43.0. The van der Waals surface area contributed by atoms with E-state index in [-0.39, 0.29) is 4.90 Å². The molecule has 1 aliphatic rings. The largest absolute Gasteiger partial charge is 0.307 e. The lowest BCUT2D eigenvalue weighted by Gasteiger charge is -2.23. The number of rotatable bonds is 3. The molecule has 1 saturated heterocycles. The first kappa shape index (κ1) is 15.6. The lowest BCUT2D eigenvalue weighted by molar-refractivity contribution is 0.374. The van der Waals surface area contributed by atoms with Crippen LogP contribution >= 0.6 is 15.9 Å². The molecule has 1 aromatic heterocycles. The first-order valence-electron chi connectivity index (χ1n) is 6.74. The monoisotopic (exact) mass is 388 g/mol. The Labute approximate surface area is 136 Å². The maximum absolute atomic E-state index is 13.9. The van der Waals surface area contributed by atoms with Gasteiger partial charge < -0.3 is 4.57 Å². The van der Waals surface area contributed by atoms with Gasteiger partial charge >= 0.3 is 0 Å². The number of hydrogen-bond donors (Lipinski definition) is 0. The molecule has 118 valence electrons. The van der Waals surface area contributed by atoms with E-state index in [0.29, 0.717) is 29.9 Å². The summed E-state index contributed by atoms with van der Waals surface area (Å²) in [5.74, 6) is -0.198. The van der Waals surface area contributed by atoms with Crippen molar-refractivity contribution in [2.24, 2.45) is 7.05 Å². The SMILES string of the molecule is Cn1c(Br)nnc1[C@@H]1CCCN1S(=O)(=O)c1ccccc1F. The van der Waals surface area contributed by atoms with Gasteiger partial charge in [-0.2, -0.15) is 4.31 Å². The number of halogens is 2. The van der Waals surface area contributed by atoms with E-state index in [4.69, 9.17) is 0 Å². The smallest absolute Gasteiger partial charge is 0.246 e. The van der Waals surface area contributed by atoms with E-state index in [9.17, 15) is 12.8 Å². The van der Waals surface area contributed by atoms with Crippen molar-refractivity contribution in [1.82, 2.24) is 19.1 Å². The van der Waals surface area contributed by atoms with Crippen LogP contribution in [0.1, 0.15) is 24.7 Å². The van der Waals surface area contributed by atoms with Crippen molar-refractivity contribution < 1.29 is 12.8 Å². The zero-order valence-corrected chi connectivity index (χ0v) is 14.2. The molecule has 0 N–H and O–H groups in total. The maximum Gasteiger partial charge on any atom is 0.246 e. The van der Waals surface area contributed by atoms with Crippen molar-refractivity contribution in [3.8, 4) is 0 Å². The summed E-state index contributed by atoms with van der Waals surface area (Å²) in [5, 5.41) is 7.94. The standard InChI is InChI=1S/C13H14BrFN4O2S/c1-18-12(16-17-13(18)14)10-6-4-8-19(10)22(20,21)11-7-3-2-5-9(11)15/h2-3,5,7,10H,4,6,8H2,1H3/t10-/m0/s1. The molecule has 0 unspecified atom stereocenters. The molecule has 0 saturated carbocycles. The summed E-state index contributed by atoms with van der Waals surface area (Å²) >= 11 is 3.25. The lowest BCUT2D eigenvalue weighted by Crippen LogP contribution is -2.32. The molecule has 1 atom stereocenters. The summed E-state index contributed by atoms with van der Waals surface area (Å²) in [6.45, 7) is 0.339. The van der Waals surface area contributed by atoms with Gasteiger partial charge in [0.1, 0.15) is 10.7 Å². The summed E-state index contributed by atoms with van der Waals surface area (Å²) in [7, 11) is -2.16. The molecular weight excluding hydrogens is 375 g/mol. The highest BCUT2D eigenvalue weighted by Gasteiger charge is 2.39. The average Bonchev–Trinajstić information content (AvgIpc) is 3.08. The Morgan fingerprint density at radius 1 is 1.32 bits per heavy atom. The molecule has 0 bridgehead atoms. The van der Waals surface area contributed by atoms with Crippen LogP contribution in [-0.4, -0.2) is 34.0 Å². The second-order valence-corrected chi connectivity index (χ2v) is 7.66. The topological polar surface area (TPSA) is 68.1 Å². The molecule has 0 spiro atoms. The summed E-state index contributed by atoms with van der Waals surface area (Å²) in [6.07, 6.45) is 1.33. The van der Waals surface area contributed by atoms with E-state index in [1.165, 1.54) is 22.5 Å². The predicted octanol–water partition coefficient (Wildman–Crippen LogP) is 2.24. The number of aromatic nitrogens is 3. The fourth-order valence-corrected chi connectivity index (χ4v) is 4.66. The third-order valence-corrected chi connectivity index (χ3v) is 6.41. The molecule has 6 nitrogen and oxygen atoms in total. The second-order valence-electron chi connectivity index (χ2n) is 5.09. The first-order chi connectivity index (χ1) is 10.4. The van der Waals surface area contributed by atoms with Crippen molar-refractivity contribution in [1.29, 1.82) is 0 Å². The van der Waals surface area contributed by atoms with Crippen LogP contribution < -0.4 is 0 Å². The average molecular weight is 389 g/mol. The summed E-state index contributed by atoms with van der Waals surface area (Å²) in [5.41, 5.74) is 0. The Balaban J connectivity index is 2.03. The van der Waals surface area contributed by atoms with Gasteiger partial charge in [-0.3, -0.25) is 0 Å². The van der Waals surface area contributed by atoms with E-state index >= 15 is 0 Å². The van der Waals surface area contributed by atoms with Gasteiger partial charge in [-0.25, -0.2) is 12.8 Å². The number of nitrogens with zero attached hydrogens (tertiary/aromatic N) is 4. The number of benzene rings is 1. The van der Waals surface area contributed by atoms with Crippen LogP contribution in [0.5, 0.6) is 0 Å². The zero-order chi connectivity index (χ0) is 15.9. The number of sulfonamides is 1. The normalized spacial score (nSPS) is 19.7. The quantitative estimate of drug-likeness (QED) is 0.808. The van der Waals surface area contributed by atoms with Crippen molar-refractivity contribution >= 4 is 26.0 Å². The molecule has 3 rings (SSSR count). The van der Waals surface area contributed by atoms with Crippen LogP contribution in [-0.2, 0) is 17.1 Å². The summed E-state index contributed by atoms with van der Waals surface area (Å²) in [6, 6.07) is 4.98. The molecule has 1 aliphatic heterocycles. The highest BCUT2D eigenvalue weighted by Crippen LogP contribution is 2.36. The molecule has 0 amide bonds. The maximum atomic E-state index is 13.9. The Morgan fingerprint density at radius 3 is 2.68 bits per heavy atom. The second kappa shape index (κ2) is 5.71. The summed E-state index contributed by atoms with van der Waals surface area (Å²) in [4.78, 5) is -0.303. The fourth-order valence-electron chi connectivity index (χ4n) is 2.68. The molecule has 1 fully saturated rings. The van der Waals surface area contributed by atoms with Gasteiger partial charge in [0.25, 0.3) is 0 Å².